The van der Waals surface area contributed by atoms with E-state index in [4.69, 9.17) is 0 Å². The molecule has 0 bridgehead atoms. The Morgan fingerprint density at radius 3 is 2.31 bits per heavy atom. The first-order valence-electron chi connectivity index (χ1n) is 6.52. The summed E-state index contributed by atoms with van der Waals surface area (Å²) in [6, 6.07) is 6.81. The first-order chi connectivity index (χ1) is 7.74. The zero-order valence-electron chi connectivity index (χ0n) is 10.6. The Bertz CT molecular complexity index is 317. The van der Waals surface area contributed by atoms with E-state index < -0.39 is 0 Å². The van der Waals surface area contributed by atoms with Gasteiger partial charge in [-0.25, -0.2) is 0 Å². The van der Waals surface area contributed by atoms with Gasteiger partial charge < -0.3 is 5.32 Å². The maximum Gasteiger partial charge on any atom is 0.0205 e. The molecule has 1 aromatic rings. The average molecular weight is 217 g/mol. The molecule has 1 aromatic carbocycles. The Labute approximate surface area is 99.3 Å². The van der Waals surface area contributed by atoms with E-state index in [-0.39, 0.29) is 0 Å². The second kappa shape index (κ2) is 5.49. The normalized spacial score (nSPS) is 16.9. The molecular formula is C15H23N. The SMILES string of the molecule is Cc1cc(C)cc(CNCC2CCCC2)c1. The highest BCUT2D eigenvalue weighted by atomic mass is 14.9. The molecule has 2 rings (SSSR count). The summed E-state index contributed by atoms with van der Waals surface area (Å²) in [6.07, 6.45) is 5.74. The van der Waals surface area contributed by atoms with E-state index >= 15 is 0 Å². The summed E-state index contributed by atoms with van der Waals surface area (Å²) in [4.78, 5) is 0. The van der Waals surface area contributed by atoms with E-state index in [1.807, 2.05) is 0 Å². The molecule has 0 unspecified atom stereocenters. The molecule has 0 aliphatic heterocycles. The van der Waals surface area contributed by atoms with Crippen LogP contribution in [-0.2, 0) is 6.54 Å². The van der Waals surface area contributed by atoms with Crippen molar-refractivity contribution in [2.24, 2.45) is 5.92 Å². The van der Waals surface area contributed by atoms with Crippen molar-refractivity contribution >= 4 is 0 Å². The van der Waals surface area contributed by atoms with Crippen molar-refractivity contribution in [2.75, 3.05) is 6.54 Å². The van der Waals surface area contributed by atoms with Crippen LogP contribution in [0.3, 0.4) is 0 Å². The van der Waals surface area contributed by atoms with Crippen LogP contribution in [0.4, 0.5) is 0 Å². The minimum Gasteiger partial charge on any atom is -0.312 e. The zero-order chi connectivity index (χ0) is 11.4. The minimum atomic E-state index is 0.936. The smallest absolute Gasteiger partial charge is 0.0205 e. The van der Waals surface area contributed by atoms with Crippen LogP contribution in [0.15, 0.2) is 18.2 Å². The van der Waals surface area contributed by atoms with Crippen molar-refractivity contribution in [1.29, 1.82) is 0 Å². The van der Waals surface area contributed by atoms with Crippen LogP contribution >= 0.6 is 0 Å². The van der Waals surface area contributed by atoms with Crippen LogP contribution < -0.4 is 5.32 Å². The maximum atomic E-state index is 3.60. The van der Waals surface area contributed by atoms with Gasteiger partial charge in [-0.2, -0.15) is 0 Å². The lowest BCUT2D eigenvalue weighted by Gasteiger charge is -2.11. The lowest BCUT2D eigenvalue weighted by molar-refractivity contribution is 0.489. The highest BCUT2D eigenvalue weighted by Crippen LogP contribution is 2.23. The topological polar surface area (TPSA) is 12.0 Å². The van der Waals surface area contributed by atoms with Gasteiger partial charge in [0.15, 0.2) is 0 Å². The van der Waals surface area contributed by atoms with Crippen molar-refractivity contribution in [3.05, 3.63) is 34.9 Å². The summed E-state index contributed by atoms with van der Waals surface area (Å²) in [5, 5.41) is 3.60. The molecule has 0 atom stereocenters. The summed E-state index contributed by atoms with van der Waals surface area (Å²) in [6.45, 7) is 6.58. The maximum absolute atomic E-state index is 3.60. The zero-order valence-corrected chi connectivity index (χ0v) is 10.6. The molecule has 1 aliphatic carbocycles. The Kier molecular flexibility index (Phi) is 4.00. The van der Waals surface area contributed by atoms with Crippen molar-refractivity contribution < 1.29 is 0 Å². The number of benzene rings is 1. The molecule has 88 valence electrons. The standard InChI is InChI=1S/C15H23N/c1-12-7-13(2)9-15(8-12)11-16-10-14-5-3-4-6-14/h7-9,14,16H,3-6,10-11H2,1-2H3. The molecule has 16 heavy (non-hydrogen) atoms. The van der Waals surface area contributed by atoms with Crippen molar-refractivity contribution in [3.8, 4) is 0 Å². The first-order valence-corrected chi connectivity index (χ1v) is 6.52. The fourth-order valence-electron chi connectivity index (χ4n) is 2.81. The van der Waals surface area contributed by atoms with Gasteiger partial charge in [0, 0.05) is 6.54 Å². The van der Waals surface area contributed by atoms with E-state index in [1.54, 1.807) is 0 Å². The average Bonchev–Trinajstić information content (AvgIpc) is 2.69. The second-order valence-corrected chi connectivity index (χ2v) is 5.28. The molecule has 0 radical (unpaired) electrons. The van der Waals surface area contributed by atoms with Gasteiger partial charge in [0.1, 0.15) is 0 Å². The Hall–Kier alpha value is -0.820. The van der Waals surface area contributed by atoms with Crippen molar-refractivity contribution in [2.45, 2.75) is 46.1 Å². The molecule has 0 amide bonds. The lowest BCUT2D eigenvalue weighted by Crippen LogP contribution is -2.20. The molecule has 0 aromatic heterocycles. The largest absolute Gasteiger partial charge is 0.312 e. The number of hydrogen-bond acceptors (Lipinski definition) is 1. The van der Waals surface area contributed by atoms with Crippen LogP contribution in [0, 0.1) is 19.8 Å². The quantitative estimate of drug-likeness (QED) is 0.813. The van der Waals surface area contributed by atoms with Crippen molar-refractivity contribution in [1.82, 2.24) is 5.32 Å². The summed E-state index contributed by atoms with van der Waals surface area (Å²) in [5.41, 5.74) is 4.17. The van der Waals surface area contributed by atoms with E-state index in [9.17, 15) is 0 Å². The molecule has 1 aliphatic rings. The third kappa shape index (κ3) is 3.34. The van der Waals surface area contributed by atoms with Crippen LogP contribution in [0.25, 0.3) is 0 Å². The molecule has 0 heterocycles. The summed E-state index contributed by atoms with van der Waals surface area (Å²) >= 11 is 0. The van der Waals surface area contributed by atoms with Gasteiger partial charge >= 0.3 is 0 Å². The Balaban J connectivity index is 1.80. The third-order valence-corrected chi connectivity index (χ3v) is 3.52. The molecule has 1 N–H and O–H groups in total. The fourth-order valence-corrected chi connectivity index (χ4v) is 2.81. The summed E-state index contributed by atoms with van der Waals surface area (Å²) < 4.78 is 0. The fraction of sp³-hybridized carbons (Fsp3) is 0.600. The van der Waals surface area contributed by atoms with Gasteiger partial charge in [0.05, 0.1) is 0 Å². The molecule has 1 heteroatoms. The van der Waals surface area contributed by atoms with Crippen LogP contribution in [0.1, 0.15) is 42.4 Å². The molecule has 0 spiro atoms. The van der Waals surface area contributed by atoms with Gasteiger partial charge in [-0.1, -0.05) is 42.2 Å². The van der Waals surface area contributed by atoms with Crippen molar-refractivity contribution in [3.63, 3.8) is 0 Å². The van der Waals surface area contributed by atoms with E-state index in [2.05, 4.69) is 37.4 Å². The predicted molar refractivity (Wildman–Crippen MR) is 69.6 cm³/mol. The number of hydrogen-bond donors (Lipinski definition) is 1. The van der Waals surface area contributed by atoms with Crippen LogP contribution in [-0.4, -0.2) is 6.54 Å². The third-order valence-electron chi connectivity index (χ3n) is 3.52. The number of rotatable bonds is 4. The van der Waals surface area contributed by atoms with Gasteiger partial charge in [0.2, 0.25) is 0 Å². The number of nitrogens with one attached hydrogen (secondary N) is 1. The highest BCUT2D eigenvalue weighted by Gasteiger charge is 2.13. The molecular weight excluding hydrogens is 194 g/mol. The van der Waals surface area contributed by atoms with Crippen LogP contribution in [0.5, 0.6) is 0 Å². The van der Waals surface area contributed by atoms with Gasteiger partial charge in [-0.3, -0.25) is 0 Å². The van der Waals surface area contributed by atoms with Gasteiger partial charge in [-0.05, 0) is 44.7 Å². The summed E-state index contributed by atoms with van der Waals surface area (Å²) in [7, 11) is 0. The highest BCUT2D eigenvalue weighted by molar-refractivity contribution is 5.28. The molecule has 0 saturated heterocycles. The molecule has 1 fully saturated rings. The van der Waals surface area contributed by atoms with E-state index in [0.29, 0.717) is 0 Å². The molecule has 1 nitrogen and oxygen atoms in total. The monoisotopic (exact) mass is 217 g/mol. The van der Waals surface area contributed by atoms with Gasteiger partial charge in [0.25, 0.3) is 0 Å². The predicted octanol–water partition coefficient (Wildman–Crippen LogP) is 3.58. The van der Waals surface area contributed by atoms with E-state index in [1.165, 1.54) is 48.9 Å². The Morgan fingerprint density at radius 1 is 1.06 bits per heavy atom. The Morgan fingerprint density at radius 2 is 1.69 bits per heavy atom. The van der Waals surface area contributed by atoms with E-state index in [0.717, 1.165) is 12.5 Å². The van der Waals surface area contributed by atoms with Crippen LogP contribution in [0.2, 0.25) is 0 Å². The summed E-state index contributed by atoms with van der Waals surface area (Å²) in [5.74, 6) is 0.936. The second-order valence-electron chi connectivity index (χ2n) is 5.28. The molecule has 1 saturated carbocycles. The number of aryl methyl sites for hydroxylation is 2. The van der Waals surface area contributed by atoms with Gasteiger partial charge in [-0.15, -0.1) is 0 Å². The minimum absolute atomic E-state index is 0.936. The first kappa shape index (κ1) is 11.7. The lowest BCUT2D eigenvalue weighted by atomic mass is 10.1.